The first-order valence-electron chi connectivity index (χ1n) is 9.84. The van der Waals surface area contributed by atoms with Gasteiger partial charge >= 0.3 is 0 Å². The van der Waals surface area contributed by atoms with Crippen molar-refractivity contribution in [3.63, 3.8) is 0 Å². The number of amides is 2. The van der Waals surface area contributed by atoms with Gasteiger partial charge in [0.25, 0.3) is 5.91 Å². The topological polar surface area (TPSA) is 40.6 Å². The van der Waals surface area contributed by atoms with E-state index in [2.05, 4.69) is 0 Å². The van der Waals surface area contributed by atoms with Gasteiger partial charge in [-0.3, -0.25) is 9.59 Å². The number of benzene rings is 3. The summed E-state index contributed by atoms with van der Waals surface area (Å²) in [4.78, 5) is 30.5. The molecule has 0 unspecified atom stereocenters. The molecule has 0 spiro atoms. The predicted octanol–water partition coefficient (Wildman–Crippen LogP) is 4.68. The van der Waals surface area contributed by atoms with Gasteiger partial charge in [-0.15, -0.1) is 0 Å². The molecule has 2 amide bonds. The Morgan fingerprint density at radius 1 is 0.759 bits per heavy atom. The van der Waals surface area contributed by atoms with Crippen LogP contribution in [0.3, 0.4) is 0 Å². The zero-order valence-electron chi connectivity index (χ0n) is 16.6. The third-order valence-corrected chi connectivity index (χ3v) is 5.63. The first-order chi connectivity index (χ1) is 14.1. The minimum Gasteiger partial charge on any atom is -0.321 e. The predicted molar refractivity (Wildman–Crippen MR) is 113 cm³/mol. The molecule has 1 saturated heterocycles. The lowest BCUT2D eigenvalue weighted by molar-refractivity contribution is -0.151. The van der Waals surface area contributed by atoms with E-state index in [1.54, 1.807) is 11.9 Å². The van der Waals surface area contributed by atoms with Gasteiger partial charge in [-0.1, -0.05) is 85.8 Å². The Morgan fingerprint density at radius 2 is 1.24 bits per heavy atom. The summed E-state index contributed by atoms with van der Waals surface area (Å²) in [5, 5.41) is 0. The van der Waals surface area contributed by atoms with Crippen LogP contribution in [0.1, 0.15) is 40.6 Å². The van der Waals surface area contributed by atoms with E-state index in [1.165, 1.54) is 0 Å². The zero-order valence-corrected chi connectivity index (χ0v) is 16.6. The van der Waals surface area contributed by atoms with Crippen LogP contribution in [-0.4, -0.2) is 28.7 Å². The second-order valence-corrected chi connectivity index (χ2v) is 7.46. The molecule has 0 saturated carbocycles. The van der Waals surface area contributed by atoms with Crippen LogP contribution in [-0.2, 0) is 4.79 Å². The molecule has 1 aliphatic rings. The molecule has 3 aromatic rings. The van der Waals surface area contributed by atoms with Gasteiger partial charge in [0.05, 0.1) is 12.0 Å². The average molecular weight is 384 g/mol. The first-order valence-corrected chi connectivity index (χ1v) is 9.84. The van der Waals surface area contributed by atoms with Crippen LogP contribution in [0, 0.1) is 5.92 Å². The molecule has 4 heteroatoms. The van der Waals surface area contributed by atoms with Gasteiger partial charge in [-0.2, -0.15) is 0 Å². The fourth-order valence-electron chi connectivity index (χ4n) is 4.23. The van der Waals surface area contributed by atoms with Gasteiger partial charge in [-0.05, 0) is 23.3 Å². The number of hydrogen-bond acceptors (Lipinski definition) is 2. The van der Waals surface area contributed by atoms with E-state index in [9.17, 15) is 9.59 Å². The van der Waals surface area contributed by atoms with Crippen molar-refractivity contribution in [1.82, 2.24) is 9.80 Å². The summed E-state index contributed by atoms with van der Waals surface area (Å²) in [5.74, 6) is -0.403. The van der Waals surface area contributed by atoms with E-state index in [0.29, 0.717) is 5.56 Å². The van der Waals surface area contributed by atoms with Crippen molar-refractivity contribution in [3.05, 3.63) is 108 Å². The maximum atomic E-state index is 13.8. The zero-order chi connectivity index (χ0) is 20.4. The smallest absolute Gasteiger partial charge is 0.256 e. The fourth-order valence-corrected chi connectivity index (χ4v) is 4.23. The maximum Gasteiger partial charge on any atom is 0.256 e. The van der Waals surface area contributed by atoms with Crippen LogP contribution >= 0.6 is 0 Å². The highest BCUT2D eigenvalue weighted by Crippen LogP contribution is 2.43. The number of carbonyl (C=O) groups is 2. The lowest BCUT2D eigenvalue weighted by atomic mass is 9.86. The SMILES string of the molecule is C[C@H]1C(=O)N(C)[C@H](c2ccccc2)N(C(=O)c2ccccc2)[C@@H]1c1ccccc1. The van der Waals surface area contributed by atoms with Gasteiger partial charge in [0, 0.05) is 12.6 Å². The minimum absolute atomic E-state index is 0.0322. The van der Waals surface area contributed by atoms with E-state index >= 15 is 0 Å². The van der Waals surface area contributed by atoms with Gasteiger partial charge in [0.1, 0.15) is 6.17 Å². The highest BCUT2D eigenvalue weighted by Gasteiger charge is 2.47. The van der Waals surface area contributed by atoms with Crippen LogP contribution in [0.15, 0.2) is 91.0 Å². The Labute approximate surface area is 171 Å². The molecule has 0 N–H and O–H groups in total. The lowest BCUT2D eigenvalue weighted by Crippen LogP contribution is -2.56. The van der Waals surface area contributed by atoms with E-state index in [0.717, 1.165) is 11.1 Å². The molecule has 3 aromatic carbocycles. The van der Waals surface area contributed by atoms with E-state index in [4.69, 9.17) is 0 Å². The molecule has 4 nitrogen and oxygen atoms in total. The molecule has 1 fully saturated rings. The normalized spacial score (nSPS) is 21.9. The van der Waals surface area contributed by atoms with E-state index in [1.807, 2.05) is 103 Å². The minimum atomic E-state index is -0.474. The summed E-state index contributed by atoms with van der Waals surface area (Å²) in [6, 6.07) is 28.5. The molecule has 0 radical (unpaired) electrons. The third kappa shape index (κ3) is 3.42. The summed E-state index contributed by atoms with van der Waals surface area (Å²) in [6.07, 6.45) is -0.474. The van der Waals surface area contributed by atoms with Crippen LogP contribution in [0.5, 0.6) is 0 Å². The van der Waals surface area contributed by atoms with Gasteiger partial charge in [-0.25, -0.2) is 0 Å². The van der Waals surface area contributed by atoms with Crippen LogP contribution in [0.25, 0.3) is 0 Å². The number of carbonyl (C=O) groups excluding carboxylic acids is 2. The molecule has 4 rings (SSSR count). The van der Waals surface area contributed by atoms with Crippen molar-refractivity contribution < 1.29 is 9.59 Å². The van der Waals surface area contributed by atoms with Crippen LogP contribution in [0.2, 0.25) is 0 Å². The quantitative estimate of drug-likeness (QED) is 0.658. The number of rotatable bonds is 3. The molecule has 0 aromatic heterocycles. The summed E-state index contributed by atoms with van der Waals surface area (Å²) in [7, 11) is 1.78. The molecular formula is C25H24N2O2. The second kappa shape index (κ2) is 7.92. The first kappa shape index (κ1) is 18.9. The Hall–Kier alpha value is -3.40. The molecule has 29 heavy (non-hydrogen) atoms. The van der Waals surface area contributed by atoms with Crippen molar-refractivity contribution in [3.8, 4) is 0 Å². The molecule has 0 bridgehead atoms. The summed E-state index contributed by atoms with van der Waals surface area (Å²) in [6.45, 7) is 1.91. The molecule has 1 aliphatic heterocycles. The average Bonchev–Trinajstić information content (AvgIpc) is 2.78. The Morgan fingerprint density at radius 3 is 1.79 bits per heavy atom. The Balaban J connectivity index is 1.90. The van der Waals surface area contributed by atoms with Crippen molar-refractivity contribution in [2.24, 2.45) is 5.92 Å². The summed E-state index contributed by atoms with van der Waals surface area (Å²) >= 11 is 0. The van der Waals surface area contributed by atoms with Gasteiger partial charge in [0.2, 0.25) is 5.91 Å². The van der Waals surface area contributed by atoms with Crippen molar-refractivity contribution in [1.29, 1.82) is 0 Å². The van der Waals surface area contributed by atoms with Gasteiger partial charge in [0.15, 0.2) is 0 Å². The molecule has 3 atom stereocenters. The maximum absolute atomic E-state index is 13.8. The Bertz CT molecular complexity index is 934. The summed E-state index contributed by atoms with van der Waals surface area (Å²) < 4.78 is 0. The molecule has 0 aliphatic carbocycles. The number of nitrogens with zero attached hydrogens (tertiary/aromatic N) is 2. The van der Waals surface area contributed by atoms with Gasteiger partial charge < -0.3 is 9.80 Å². The Kier molecular flexibility index (Phi) is 5.17. The largest absolute Gasteiger partial charge is 0.321 e. The highest BCUT2D eigenvalue weighted by atomic mass is 16.2. The highest BCUT2D eigenvalue weighted by molar-refractivity contribution is 5.96. The second-order valence-electron chi connectivity index (χ2n) is 7.46. The standard InChI is InChI=1S/C25H24N2O2/c1-18-22(19-12-6-3-7-13-19)27(25(29)21-16-10-5-11-17-21)23(26(2)24(18)28)20-14-8-4-9-15-20/h3-18,22-23H,1-2H3/t18-,22+,23+/m1/s1. The summed E-state index contributed by atoms with van der Waals surface area (Å²) in [5.41, 5.74) is 2.50. The van der Waals surface area contributed by atoms with Crippen LogP contribution in [0.4, 0.5) is 0 Å². The van der Waals surface area contributed by atoms with Crippen molar-refractivity contribution >= 4 is 11.8 Å². The van der Waals surface area contributed by atoms with Crippen molar-refractivity contribution in [2.75, 3.05) is 7.05 Å². The molecule has 1 heterocycles. The monoisotopic (exact) mass is 384 g/mol. The lowest BCUT2D eigenvalue weighted by Gasteiger charge is -2.50. The van der Waals surface area contributed by atoms with Crippen molar-refractivity contribution in [2.45, 2.75) is 19.1 Å². The van der Waals surface area contributed by atoms with Crippen LogP contribution < -0.4 is 0 Å². The fraction of sp³-hybridized carbons (Fsp3) is 0.200. The van der Waals surface area contributed by atoms with E-state index < -0.39 is 6.17 Å². The molecule has 146 valence electrons. The number of hydrogen-bond donors (Lipinski definition) is 0. The van der Waals surface area contributed by atoms with E-state index in [-0.39, 0.29) is 23.8 Å². The molecular weight excluding hydrogens is 360 g/mol. The third-order valence-electron chi connectivity index (χ3n) is 5.63.